The Labute approximate surface area is 172 Å². The summed E-state index contributed by atoms with van der Waals surface area (Å²) in [5, 5.41) is 3.97. The third kappa shape index (κ3) is 10.2. The summed E-state index contributed by atoms with van der Waals surface area (Å²) in [4.78, 5) is 0. The zero-order valence-electron chi connectivity index (χ0n) is 15.3. The van der Waals surface area contributed by atoms with Gasteiger partial charge >= 0.3 is 131 Å². The van der Waals surface area contributed by atoms with Gasteiger partial charge in [-0.05, 0) is 6.42 Å². The minimum atomic E-state index is -3.67. The van der Waals surface area contributed by atoms with Crippen molar-refractivity contribution in [3.8, 4) is 11.5 Å². The summed E-state index contributed by atoms with van der Waals surface area (Å²) in [6.45, 7) is 5.14. The van der Waals surface area contributed by atoms with Crippen LogP contribution in [-0.4, -0.2) is 72.1 Å². The Bertz CT molecular complexity index is 569. The first kappa shape index (κ1) is 23.2. The van der Waals surface area contributed by atoms with Crippen LogP contribution in [0.2, 0.25) is 3.67 Å². The number of hydrogen-bond acceptors (Lipinski definition) is 6. The second kappa shape index (κ2) is 12.5. The van der Waals surface area contributed by atoms with Crippen molar-refractivity contribution in [3.63, 3.8) is 0 Å². The predicted molar refractivity (Wildman–Crippen MR) is 101 cm³/mol. The molecular weight excluding hydrogens is 375 g/mol. The molecule has 1 aromatic heterocycles. The number of thiophene rings is 1. The van der Waals surface area contributed by atoms with Crippen molar-refractivity contribution in [1.82, 2.24) is 0 Å². The van der Waals surface area contributed by atoms with E-state index >= 15 is 0 Å². The van der Waals surface area contributed by atoms with Crippen LogP contribution in [0.5, 0.6) is 11.5 Å². The first-order chi connectivity index (χ1) is 11.9. The largest absolute Gasteiger partial charge is 0.286 e. The fourth-order valence-electron chi connectivity index (χ4n) is 2.40. The Balaban J connectivity index is 0.000000381. The normalized spacial score (nSPS) is 17.6. The maximum absolute atomic E-state index is 9.79. The zero-order chi connectivity index (χ0) is 18.7. The van der Waals surface area contributed by atoms with Crippen LogP contribution in [0.25, 0.3) is 0 Å². The number of hydrogen-bond donors (Lipinski definition) is 1. The average molecular weight is 403 g/mol. The van der Waals surface area contributed by atoms with Gasteiger partial charge in [-0.25, -0.2) is 0 Å². The third-order valence-electron chi connectivity index (χ3n) is 3.51. The first-order valence-electron chi connectivity index (χ1n) is 8.81. The van der Waals surface area contributed by atoms with Gasteiger partial charge in [0.1, 0.15) is 0 Å². The van der Waals surface area contributed by atoms with Gasteiger partial charge in [-0.1, -0.05) is 6.92 Å². The molecule has 6 nitrogen and oxygen atoms in total. The van der Waals surface area contributed by atoms with E-state index in [4.69, 9.17) is 18.8 Å². The van der Waals surface area contributed by atoms with E-state index in [0.29, 0.717) is 25.7 Å². The molecule has 0 spiro atoms. The molecule has 0 saturated heterocycles. The molecule has 1 aliphatic heterocycles. The zero-order valence-corrected chi connectivity index (χ0v) is 18.9. The van der Waals surface area contributed by atoms with E-state index in [-0.39, 0.29) is 11.9 Å². The Morgan fingerprint density at radius 3 is 2.60 bits per heavy atom. The summed E-state index contributed by atoms with van der Waals surface area (Å²) < 4.78 is 46.3. The van der Waals surface area contributed by atoms with Crippen LogP contribution in [0.15, 0.2) is 10.8 Å². The van der Waals surface area contributed by atoms with E-state index in [2.05, 4.69) is 6.92 Å². The van der Waals surface area contributed by atoms with Crippen molar-refractivity contribution in [3.05, 3.63) is 10.8 Å². The smallest absolute Gasteiger partial charge is 0.264 e. The van der Waals surface area contributed by atoms with Gasteiger partial charge < -0.3 is 0 Å². The van der Waals surface area contributed by atoms with Crippen molar-refractivity contribution in [2.45, 2.75) is 55.4 Å². The van der Waals surface area contributed by atoms with Crippen LogP contribution in [0, 0.1) is 0 Å². The number of rotatable bonds is 9. The molecule has 1 aliphatic rings. The molecule has 2 unspecified atom stereocenters. The van der Waals surface area contributed by atoms with Crippen molar-refractivity contribution >= 4 is 49.4 Å². The quantitative estimate of drug-likeness (QED) is 0.504. The third-order valence-corrected chi connectivity index (χ3v) is 5.71. The van der Waals surface area contributed by atoms with E-state index in [9.17, 15) is 8.42 Å². The fraction of sp³-hybridized carbons (Fsp3) is 0.750. The van der Waals surface area contributed by atoms with Crippen LogP contribution < -0.4 is 9.47 Å². The van der Waals surface area contributed by atoms with E-state index in [0.717, 1.165) is 17.9 Å². The van der Waals surface area contributed by atoms with E-state index < -0.39 is 10.1 Å². The number of fused-ring (bicyclic) bond motifs is 1. The molecule has 9 heteroatoms. The van der Waals surface area contributed by atoms with E-state index in [1.54, 1.807) is 18.3 Å². The second-order valence-corrected chi connectivity index (χ2v) is 9.29. The van der Waals surface area contributed by atoms with E-state index in [1.807, 2.05) is 10.8 Å². The van der Waals surface area contributed by atoms with Crippen LogP contribution in [0.4, 0.5) is 0 Å². The molecule has 2 heterocycles. The first-order valence-corrected chi connectivity index (χ1v) is 12.8. The van der Waals surface area contributed by atoms with Crippen LogP contribution in [0.1, 0.15) is 39.5 Å². The van der Waals surface area contributed by atoms with Gasteiger partial charge in [-0.2, -0.15) is 8.42 Å². The van der Waals surface area contributed by atoms with Crippen molar-refractivity contribution in [2.75, 3.05) is 19.0 Å². The predicted octanol–water partition coefficient (Wildman–Crippen LogP) is 3.33. The molecule has 0 bridgehead atoms. The van der Waals surface area contributed by atoms with Gasteiger partial charge in [0.25, 0.3) is 10.1 Å². The maximum Gasteiger partial charge on any atom is 0.264 e. The fourth-order valence-corrected chi connectivity index (χ4v) is 4.23. The molecule has 25 heavy (non-hydrogen) atoms. The van der Waals surface area contributed by atoms with Crippen molar-refractivity contribution in [1.29, 1.82) is 0 Å². The van der Waals surface area contributed by atoms with Crippen LogP contribution >= 0.6 is 11.3 Å². The second-order valence-electron chi connectivity index (χ2n) is 5.97. The molecule has 1 aromatic rings. The minimum absolute atomic E-state index is 0.0422. The van der Waals surface area contributed by atoms with Gasteiger partial charge in [-0.3, -0.25) is 4.55 Å². The Hall–Kier alpha value is 0.170. The molecular formula is C16H27NaO6S2. The molecule has 0 saturated carbocycles. The molecule has 2 atom stereocenters. The molecule has 140 valence electrons. The summed E-state index contributed by atoms with van der Waals surface area (Å²) >= 11 is 2.87. The van der Waals surface area contributed by atoms with Gasteiger partial charge in [0, 0.05) is 0 Å². The molecule has 1 N–H and O–H groups in total. The Kier molecular flexibility index (Phi) is 11.6. The molecule has 0 aliphatic carbocycles. The Morgan fingerprint density at radius 2 is 2.04 bits per heavy atom. The van der Waals surface area contributed by atoms with Gasteiger partial charge in [0.15, 0.2) is 0 Å². The maximum atomic E-state index is 9.79. The summed E-state index contributed by atoms with van der Waals surface area (Å²) in [6, 6.07) is 0. The molecule has 0 amide bonds. The van der Waals surface area contributed by atoms with E-state index in [1.165, 1.54) is 44.4 Å². The summed E-state index contributed by atoms with van der Waals surface area (Å²) in [7, 11) is -3.67. The van der Waals surface area contributed by atoms with Gasteiger partial charge in [-0.15, -0.1) is 0 Å². The average Bonchev–Trinajstić information content (AvgIpc) is 3.00. The van der Waals surface area contributed by atoms with Gasteiger partial charge in [0.05, 0.1) is 5.75 Å². The molecule has 0 fully saturated rings. The standard InChI is InChI=1S/C13H19O3S.C3H8O3S.Na/c1-3-5-10(4-2)14-6-11-7-15-12-8-17-9-13(12)16-11;1-2-3-7(4,5)6;/h8-11H,2-7H2,1H3;2-3H2,1H3,(H,4,5,6);. The number of ether oxygens (including phenoxy) is 3. The summed E-state index contributed by atoms with van der Waals surface area (Å²) in [5.41, 5.74) is 0. The van der Waals surface area contributed by atoms with Crippen molar-refractivity contribution in [2.24, 2.45) is 0 Å². The molecule has 0 aromatic carbocycles. The van der Waals surface area contributed by atoms with Gasteiger partial charge in [0.2, 0.25) is 0 Å². The Morgan fingerprint density at radius 1 is 1.32 bits per heavy atom. The molecule has 2 rings (SSSR count). The summed E-state index contributed by atoms with van der Waals surface area (Å²) in [6.07, 6.45) is 4.44. The minimum Gasteiger partial charge on any atom is -0.286 e. The monoisotopic (exact) mass is 402 g/mol. The van der Waals surface area contributed by atoms with Crippen LogP contribution in [0.3, 0.4) is 0 Å². The van der Waals surface area contributed by atoms with Crippen LogP contribution in [-0.2, 0) is 14.9 Å². The SMILES string of the molecule is CCCC(C[CH2][Na])OCC1COc2cscc2O1.CCCS(=O)(=O)O. The topological polar surface area (TPSA) is 82.1 Å². The molecule has 0 radical (unpaired) electrons. The summed E-state index contributed by atoms with van der Waals surface area (Å²) in [5.74, 6) is 1.61. The van der Waals surface area contributed by atoms with Crippen molar-refractivity contribution < 1.29 is 27.2 Å².